The molecule has 0 saturated heterocycles. The maximum atomic E-state index is 13.6. The Balaban J connectivity index is 2.22. The van der Waals surface area contributed by atoms with Gasteiger partial charge in [-0.15, -0.1) is 0 Å². The van der Waals surface area contributed by atoms with Gasteiger partial charge in [0.05, 0.1) is 21.6 Å². The van der Waals surface area contributed by atoms with E-state index in [1.165, 1.54) is 0 Å². The van der Waals surface area contributed by atoms with Crippen molar-refractivity contribution in [3.63, 3.8) is 0 Å². The fourth-order valence-corrected chi connectivity index (χ4v) is 3.71. The summed E-state index contributed by atoms with van der Waals surface area (Å²) >= 11 is 6.47. The normalized spacial score (nSPS) is 11.1. The highest BCUT2D eigenvalue weighted by molar-refractivity contribution is 6.33. The minimum absolute atomic E-state index is 0.0870. The minimum Gasteiger partial charge on any atom is -0.268 e. The van der Waals surface area contributed by atoms with Crippen LogP contribution in [0.25, 0.3) is 28.0 Å². The molecule has 0 aliphatic rings. The molecule has 4 aromatic rings. The zero-order valence-corrected chi connectivity index (χ0v) is 16.2. The zero-order valence-electron chi connectivity index (χ0n) is 15.5. The molecule has 1 heterocycles. The van der Waals surface area contributed by atoms with E-state index < -0.39 is 0 Å². The molecular weight excluding hydrogens is 356 g/mol. The standard InChI is InChI=1S/C23H19ClN2O/c1-14-11-12-20-18(13-14)23(27)26(21-15(2)7-6-8-16(21)3)22(25-20)17-9-4-5-10-19(17)24/h4-13H,1-3H3. The summed E-state index contributed by atoms with van der Waals surface area (Å²) in [5, 5.41) is 1.17. The predicted molar refractivity (Wildman–Crippen MR) is 112 cm³/mol. The Morgan fingerprint density at radius 3 is 2.30 bits per heavy atom. The molecule has 0 saturated carbocycles. The fraction of sp³-hybridized carbons (Fsp3) is 0.130. The van der Waals surface area contributed by atoms with Crippen LogP contribution in [-0.4, -0.2) is 9.55 Å². The zero-order chi connectivity index (χ0) is 19.1. The molecule has 0 amide bonds. The molecule has 0 N–H and O–H groups in total. The predicted octanol–water partition coefficient (Wildman–Crippen LogP) is 5.63. The second-order valence-electron chi connectivity index (χ2n) is 6.82. The summed E-state index contributed by atoms with van der Waals surface area (Å²) in [5.41, 5.74) is 5.23. The van der Waals surface area contributed by atoms with E-state index in [1.807, 2.05) is 81.4 Å². The van der Waals surface area contributed by atoms with Crippen LogP contribution in [0.4, 0.5) is 0 Å². The van der Waals surface area contributed by atoms with Gasteiger partial charge in [0.2, 0.25) is 0 Å². The smallest absolute Gasteiger partial charge is 0.266 e. The van der Waals surface area contributed by atoms with Crippen molar-refractivity contribution in [2.45, 2.75) is 20.8 Å². The van der Waals surface area contributed by atoms with E-state index in [0.29, 0.717) is 21.7 Å². The molecular formula is C23H19ClN2O. The van der Waals surface area contributed by atoms with Crippen LogP contribution < -0.4 is 5.56 Å². The van der Waals surface area contributed by atoms with Crippen LogP contribution in [-0.2, 0) is 0 Å². The molecule has 0 radical (unpaired) electrons. The largest absolute Gasteiger partial charge is 0.268 e. The van der Waals surface area contributed by atoms with E-state index in [2.05, 4.69) is 0 Å². The molecule has 4 rings (SSSR count). The lowest BCUT2D eigenvalue weighted by Crippen LogP contribution is -2.23. The summed E-state index contributed by atoms with van der Waals surface area (Å²) in [4.78, 5) is 18.4. The number of halogens is 1. The van der Waals surface area contributed by atoms with Crippen molar-refractivity contribution in [1.82, 2.24) is 9.55 Å². The Labute approximate surface area is 162 Å². The van der Waals surface area contributed by atoms with Crippen LogP contribution >= 0.6 is 11.6 Å². The lowest BCUT2D eigenvalue weighted by Gasteiger charge is -2.18. The van der Waals surface area contributed by atoms with Crippen molar-refractivity contribution in [3.8, 4) is 17.1 Å². The van der Waals surface area contributed by atoms with Gasteiger partial charge in [0.1, 0.15) is 5.82 Å². The van der Waals surface area contributed by atoms with Gasteiger partial charge in [0.15, 0.2) is 0 Å². The van der Waals surface area contributed by atoms with Gasteiger partial charge in [0.25, 0.3) is 5.56 Å². The van der Waals surface area contributed by atoms with Crippen LogP contribution in [0.15, 0.2) is 65.5 Å². The lowest BCUT2D eigenvalue weighted by atomic mass is 10.1. The number of hydrogen-bond donors (Lipinski definition) is 0. The van der Waals surface area contributed by atoms with E-state index in [4.69, 9.17) is 16.6 Å². The molecule has 3 aromatic carbocycles. The fourth-order valence-electron chi connectivity index (χ4n) is 3.49. The molecule has 0 aliphatic heterocycles. The number of aryl methyl sites for hydroxylation is 3. The van der Waals surface area contributed by atoms with E-state index in [1.54, 1.807) is 4.57 Å². The van der Waals surface area contributed by atoms with Crippen LogP contribution in [0.3, 0.4) is 0 Å². The Hall–Kier alpha value is -2.91. The Morgan fingerprint density at radius 1 is 0.889 bits per heavy atom. The third kappa shape index (κ3) is 2.94. The molecule has 0 unspecified atom stereocenters. The van der Waals surface area contributed by atoms with E-state index in [0.717, 1.165) is 27.9 Å². The maximum Gasteiger partial charge on any atom is 0.266 e. The van der Waals surface area contributed by atoms with E-state index in [9.17, 15) is 4.79 Å². The van der Waals surface area contributed by atoms with Gasteiger partial charge >= 0.3 is 0 Å². The van der Waals surface area contributed by atoms with Crippen molar-refractivity contribution < 1.29 is 0 Å². The Bertz CT molecular complexity index is 1220. The highest BCUT2D eigenvalue weighted by atomic mass is 35.5. The van der Waals surface area contributed by atoms with Crippen LogP contribution in [0.1, 0.15) is 16.7 Å². The lowest BCUT2D eigenvalue weighted by molar-refractivity contribution is 0.953. The second-order valence-corrected chi connectivity index (χ2v) is 7.22. The van der Waals surface area contributed by atoms with Crippen LogP contribution in [0, 0.1) is 20.8 Å². The molecule has 3 nitrogen and oxygen atoms in total. The number of nitrogens with zero attached hydrogens (tertiary/aromatic N) is 2. The summed E-state index contributed by atoms with van der Waals surface area (Å²) in [6.07, 6.45) is 0. The molecule has 0 spiro atoms. The summed E-state index contributed by atoms with van der Waals surface area (Å²) < 4.78 is 1.70. The van der Waals surface area contributed by atoms with Crippen molar-refractivity contribution in [2.75, 3.05) is 0 Å². The third-order valence-electron chi connectivity index (χ3n) is 4.80. The molecule has 27 heavy (non-hydrogen) atoms. The number of rotatable bonds is 2. The monoisotopic (exact) mass is 374 g/mol. The molecule has 0 atom stereocenters. The van der Waals surface area contributed by atoms with E-state index in [-0.39, 0.29) is 5.56 Å². The number of fused-ring (bicyclic) bond motifs is 1. The topological polar surface area (TPSA) is 34.9 Å². The van der Waals surface area contributed by atoms with Crippen molar-refractivity contribution >= 4 is 22.5 Å². The summed E-state index contributed by atoms with van der Waals surface area (Å²) in [5.74, 6) is 0.555. The quantitative estimate of drug-likeness (QED) is 0.455. The Kier molecular flexibility index (Phi) is 4.33. The van der Waals surface area contributed by atoms with Gasteiger partial charge in [-0.3, -0.25) is 9.36 Å². The Morgan fingerprint density at radius 2 is 1.59 bits per heavy atom. The van der Waals surface area contributed by atoms with E-state index >= 15 is 0 Å². The van der Waals surface area contributed by atoms with Gasteiger partial charge in [-0.05, 0) is 56.2 Å². The van der Waals surface area contributed by atoms with Crippen LogP contribution in [0.5, 0.6) is 0 Å². The van der Waals surface area contributed by atoms with Crippen molar-refractivity contribution in [2.24, 2.45) is 0 Å². The van der Waals surface area contributed by atoms with Gasteiger partial charge in [-0.1, -0.05) is 53.6 Å². The van der Waals surface area contributed by atoms with Gasteiger partial charge < -0.3 is 0 Å². The molecule has 134 valence electrons. The van der Waals surface area contributed by atoms with Gasteiger partial charge in [-0.25, -0.2) is 4.98 Å². The summed E-state index contributed by atoms with van der Waals surface area (Å²) in [7, 11) is 0. The van der Waals surface area contributed by atoms with Gasteiger partial charge in [0, 0.05) is 5.56 Å². The number of aromatic nitrogens is 2. The first-order valence-electron chi connectivity index (χ1n) is 8.82. The summed E-state index contributed by atoms with van der Waals surface area (Å²) in [6, 6.07) is 19.2. The number of benzene rings is 3. The number of hydrogen-bond acceptors (Lipinski definition) is 2. The average molecular weight is 375 g/mol. The van der Waals surface area contributed by atoms with Crippen LogP contribution in [0.2, 0.25) is 5.02 Å². The summed E-state index contributed by atoms with van der Waals surface area (Å²) in [6.45, 7) is 5.99. The SMILES string of the molecule is Cc1ccc2nc(-c3ccccc3Cl)n(-c3c(C)cccc3C)c(=O)c2c1. The number of para-hydroxylation sites is 1. The highest BCUT2D eigenvalue weighted by Gasteiger charge is 2.18. The van der Waals surface area contributed by atoms with Crippen molar-refractivity contribution in [1.29, 1.82) is 0 Å². The second kappa shape index (κ2) is 6.67. The average Bonchev–Trinajstić information content (AvgIpc) is 2.64. The highest BCUT2D eigenvalue weighted by Crippen LogP contribution is 2.30. The molecule has 0 fully saturated rings. The first-order valence-corrected chi connectivity index (χ1v) is 9.20. The third-order valence-corrected chi connectivity index (χ3v) is 5.13. The first-order chi connectivity index (χ1) is 13.0. The first kappa shape index (κ1) is 17.5. The molecule has 0 bridgehead atoms. The maximum absolute atomic E-state index is 13.6. The molecule has 0 aliphatic carbocycles. The van der Waals surface area contributed by atoms with Crippen molar-refractivity contribution in [3.05, 3.63) is 92.7 Å². The minimum atomic E-state index is -0.0870. The van der Waals surface area contributed by atoms with Gasteiger partial charge in [-0.2, -0.15) is 0 Å². The molecule has 4 heteroatoms. The molecule has 1 aromatic heterocycles.